The van der Waals surface area contributed by atoms with Crippen LogP contribution in [0.25, 0.3) is 11.1 Å². The Morgan fingerprint density at radius 1 is 1.03 bits per heavy atom. The van der Waals surface area contributed by atoms with Gasteiger partial charge in [-0.2, -0.15) is 0 Å². The van der Waals surface area contributed by atoms with Crippen molar-refractivity contribution in [3.05, 3.63) is 59.7 Å². The number of amides is 2. The highest BCUT2D eigenvalue weighted by Gasteiger charge is 2.34. The zero-order chi connectivity index (χ0) is 24.8. The van der Waals surface area contributed by atoms with E-state index in [1.54, 1.807) is 0 Å². The van der Waals surface area contributed by atoms with Crippen molar-refractivity contribution in [1.82, 2.24) is 10.6 Å². The Morgan fingerprint density at radius 3 is 2.31 bits per heavy atom. The number of fused-ring (bicyclic) bond motifs is 3. The van der Waals surface area contributed by atoms with Gasteiger partial charge in [0.15, 0.2) is 0 Å². The summed E-state index contributed by atoms with van der Waals surface area (Å²) in [7, 11) is 0. The third kappa shape index (κ3) is 5.84. The molecule has 7 heteroatoms. The van der Waals surface area contributed by atoms with Crippen molar-refractivity contribution in [2.24, 2.45) is 11.8 Å². The molecule has 1 saturated carbocycles. The van der Waals surface area contributed by atoms with E-state index in [0.717, 1.165) is 19.3 Å². The molecule has 0 heterocycles. The van der Waals surface area contributed by atoms with Crippen LogP contribution in [0.5, 0.6) is 0 Å². The molecule has 3 atom stereocenters. The Bertz CT molecular complexity index is 1020. The molecule has 0 radical (unpaired) electrons. The average Bonchev–Trinajstić information content (AvgIpc) is 3.46. The topological polar surface area (TPSA) is 105 Å². The number of carbonyl (C=O) groups is 3. The monoisotopic (exact) mass is 478 g/mol. The molecule has 0 saturated heterocycles. The number of nitrogens with one attached hydrogen (secondary N) is 2. The molecule has 35 heavy (non-hydrogen) atoms. The van der Waals surface area contributed by atoms with Crippen LogP contribution in [-0.2, 0) is 14.3 Å². The van der Waals surface area contributed by atoms with E-state index in [9.17, 15) is 14.4 Å². The van der Waals surface area contributed by atoms with Crippen molar-refractivity contribution in [2.45, 2.75) is 57.4 Å². The molecule has 3 N–H and O–H groups in total. The second-order valence-corrected chi connectivity index (χ2v) is 9.55. The van der Waals surface area contributed by atoms with E-state index in [1.807, 2.05) is 31.2 Å². The van der Waals surface area contributed by atoms with E-state index in [1.165, 1.54) is 22.3 Å². The third-order valence-corrected chi connectivity index (χ3v) is 7.39. The molecule has 186 valence electrons. The summed E-state index contributed by atoms with van der Waals surface area (Å²) in [6.45, 7) is 2.59. The molecule has 2 aliphatic carbocycles. The van der Waals surface area contributed by atoms with Crippen LogP contribution in [0.2, 0.25) is 0 Å². The Labute approximate surface area is 206 Å². The van der Waals surface area contributed by atoms with Crippen LogP contribution in [0.3, 0.4) is 0 Å². The lowest BCUT2D eigenvalue weighted by Gasteiger charge is -2.23. The summed E-state index contributed by atoms with van der Waals surface area (Å²) in [5.41, 5.74) is 4.71. The number of aliphatic carboxylic acids is 1. The van der Waals surface area contributed by atoms with Crippen LogP contribution in [0.1, 0.15) is 62.5 Å². The van der Waals surface area contributed by atoms with Gasteiger partial charge in [-0.3, -0.25) is 9.59 Å². The number of hydrogen-bond acceptors (Lipinski definition) is 4. The third-order valence-electron chi connectivity index (χ3n) is 7.39. The van der Waals surface area contributed by atoms with Gasteiger partial charge >= 0.3 is 12.1 Å². The van der Waals surface area contributed by atoms with E-state index in [0.29, 0.717) is 19.4 Å². The van der Waals surface area contributed by atoms with E-state index in [2.05, 4.69) is 34.9 Å². The summed E-state index contributed by atoms with van der Waals surface area (Å²) < 4.78 is 5.63. The predicted molar refractivity (Wildman–Crippen MR) is 133 cm³/mol. The Kier molecular flexibility index (Phi) is 8.06. The number of hydrogen-bond donors (Lipinski definition) is 3. The smallest absolute Gasteiger partial charge is 0.407 e. The maximum atomic E-state index is 12.8. The van der Waals surface area contributed by atoms with Gasteiger partial charge in [0.25, 0.3) is 0 Å². The van der Waals surface area contributed by atoms with Crippen LogP contribution in [-0.4, -0.2) is 42.3 Å². The molecule has 2 aliphatic rings. The number of carbonyl (C=O) groups excluding carboxylic acids is 2. The SMILES string of the molecule is CCC(CCC(=O)O)NC(=O)C1CCCC1CNC(=O)OCC1c2ccccc2-c2ccccc21. The number of alkyl carbamates (subject to hydrolysis) is 1. The number of carboxylic acid groups (broad SMARTS) is 1. The first-order valence-electron chi connectivity index (χ1n) is 12.6. The average molecular weight is 479 g/mol. The van der Waals surface area contributed by atoms with Gasteiger partial charge < -0.3 is 20.5 Å². The second-order valence-electron chi connectivity index (χ2n) is 9.55. The molecule has 2 amide bonds. The first kappa shape index (κ1) is 24.8. The first-order valence-corrected chi connectivity index (χ1v) is 12.6. The quantitative estimate of drug-likeness (QED) is 0.459. The van der Waals surface area contributed by atoms with Crippen LogP contribution in [0.15, 0.2) is 48.5 Å². The van der Waals surface area contributed by atoms with E-state index >= 15 is 0 Å². The van der Waals surface area contributed by atoms with E-state index in [-0.39, 0.29) is 42.7 Å². The van der Waals surface area contributed by atoms with Gasteiger partial charge in [0.2, 0.25) is 5.91 Å². The zero-order valence-electron chi connectivity index (χ0n) is 20.2. The Morgan fingerprint density at radius 2 is 1.69 bits per heavy atom. The Balaban J connectivity index is 1.28. The number of carboxylic acids is 1. The second kappa shape index (κ2) is 11.4. The normalized spacial score (nSPS) is 19.5. The molecule has 0 bridgehead atoms. The maximum absolute atomic E-state index is 12.8. The van der Waals surface area contributed by atoms with Crippen molar-refractivity contribution in [1.29, 1.82) is 0 Å². The van der Waals surface area contributed by atoms with Gasteiger partial charge in [0.05, 0.1) is 0 Å². The van der Waals surface area contributed by atoms with Crippen LogP contribution < -0.4 is 10.6 Å². The van der Waals surface area contributed by atoms with E-state index < -0.39 is 12.1 Å². The number of rotatable bonds is 10. The molecule has 2 aromatic carbocycles. The van der Waals surface area contributed by atoms with E-state index in [4.69, 9.17) is 9.84 Å². The molecule has 4 rings (SSSR count). The molecule has 1 fully saturated rings. The minimum atomic E-state index is -0.858. The fourth-order valence-corrected chi connectivity index (χ4v) is 5.47. The van der Waals surface area contributed by atoms with Crippen LogP contribution in [0, 0.1) is 11.8 Å². The summed E-state index contributed by atoms with van der Waals surface area (Å²) >= 11 is 0. The van der Waals surface area contributed by atoms with Gasteiger partial charge in [-0.15, -0.1) is 0 Å². The zero-order valence-corrected chi connectivity index (χ0v) is 20.2. The van der Waals surface area contributed by atoms with Crippen LogP contribution >= 0.6 is 0 Å². The molecule has 2 aromatic rings. The number of ether oxygens (including phenoxy) is 1. The highest BCUT2D eigenvalue weighted by molar-refractivity contribution is 5.80. The van der Waals surface area contributed by atoms with Crippen molar-refractivity contribution in [3.8, 4) is 11.1 Å². The molecule has 0 spiro atoms. The van der Waals surface area contributed by atoms with Crippen molar-refractivity contribution < 1.29 is 24.2 Å². The molecule has 0 aliphatic heterocycles. The summed E-state index contributed by atoms with van der Waals surface area (Å²) in [6, 6.07) is 16.3. The summed E-state index contributed by atoms with van der Waals surface area (Å²) in [6.07, 6.45) is 3.26. The fraction of sp³-hybridized carbons (Fsp3) is 0.464. The fourth-order valence-electron chi connectivity index (χ4n) is 5.47. The molecule has 3 unspecified atom stereocenters. The van der Waals surface area contributed by atoms with Gasteiger partial charge in [-0.1, -0.05) is 61.9 Å². The standard InChI is InChI=1S/C28H34N2O5/c1-2-19(14-15-26(31)32)30-27(33)20-13-7-8-18(20)16-29-28(34)35-17-25-23-11-5-3-9-21(23)22-10-4-6-12-24(22)25/h3-6,9-12,18-20,25H,2,7-8,13-17H2,1H3,(H,29,34)(H,30,33)(H,31,32). The predicted octanol–water partition coefficient (Wildman–Crippen LogP) is 4.70. The first-order chi connectivity index (χ1) is 17.0. The van der Waals surface area contributed by atoms with Gasteiger partial charge in [-0.25, -0.2) is 4.79 Å². The minimum absolute atomic E-state index is 0.00920. The highest BCUT2D eigenvalue weighted by Crippen LogP contribution is 2.44. The Hall–Kier alpha value is -3.35. The van der Waals surface area contributed by atoms with Crippen molar-refractivity contribution in [2.75, 3.05) is 13.2 Å². The van der Waals surface area contributed by atoms with Gasteiger partial charge in [0.1, 0.15) is 6.61 Å². The summed E-state index contributed by atoms with van der Waals surface area (Å²) in [4.78, 5) is 36.2. The van der Waals surface area contributed by atoms with Gasteiger partial charge in [-0.05, 0) is 53.9 Å². The maximum Gasteiger partial charge on any atom is 0.407 e. The van der Waals surface area contributed by atoms with Crippen LogP contribution in [0.4, 0.5) is 4.79 Å². The minimum Gasteiger partial charge on any atom is -0.481 e. The molecule has 7 nitrogen and oxygen atoms in total. The largest absolute Gasteiger partial charge is 0.481 e. The van der Waals surface area contributed by atoms with Crippen molar-refractivity contribution >= 4 is 18.0 Å². The van der Waals surface area contributed by atoms with Crippen molar-refractivity contribution in [3.63, 3.8) is 0 Å². The highest BCUT2D eigenvalue weighted by atomic mass is 16.5. The summed E-state index contributed by atoms with van der Waals surface area (Å²) in [5, 5.41) is 14.8. The molecule has 0 aromatic heterocycles. The lowest BCUT2D eigenvalue weighted by Crippen LogP contribution is -2.42. The van der Waals surface area contributed by atoms with Gasteiger partial charge in [0, 0.05) is 30.8 Å². The number of benzene rings is 2. The molecular formula is C28H34N2O5. The lowest BCUT2D eigenvalue weighted by molar-refractivity contribution is -0.137. The lowest BCUT2D eigenvalue weighted by atomic mass is 9.94. The molecular weight excluding hydrogens is 444 g/mol. The summed E-state index contributed by atoms with van der Waals surface area (Å²) in [5.74, 6) is -1.02.